The van der Waals surface area contributed by atoms with Crippen molar-refractivity contribution >= 4 is 5.97 Å². The third-order valence-corrected chi connectivity index (χ3v) is 2.91. The van der Waals surface area contributed by atoms with Gasteiger partial charge in [-0.2, -0.15) is 0 Å². The molecule has 0 radical (unpaired) electrons. The van der Waals surface area contributed by atoms with Crippen LogP contribution in [0.2, 0.25) is 0 Å². The Morgan fingerprint density at radius 1 is 1.39 bits per heavy atom. The van der Waals surface area contributed by atoms with Crippen LogP contribution >= 0.6 is 0 Å². The number of rotatable bonds is 6. The second-order valence-corrected chi connectivity index (χ2v) is 4.90. The first-order valence-electron chi connectivity index (χ1n) is 5.99. The Hall–Kier alpha value is -1.39. The summed E-state index contributed by atoms with van der Waals surface area (Å²) in [7, 11) is 1.38. The molecule has 1 aromatic carbocycles. The zero-order chi connectivity index (χ0) is 13.6. The lowest BCUT2D eigenvalue weighted by molar-refractivity contribution is -0.150. The van der Waals surface area contributed by atoms with E-state index >= 15 is 0 Å². The van der Waals surface area contributed by atoms with E-state index in [1.165, 1.54) is 7.11 Å². The molecular weight excluding hydrogens is 230 g/mol. The first-order valence-corrected chi connectivity index (χ1v) is 5.99. The molecule has 1 rings (SSSR count). The van der Waals surface area contributed by atoms with Crippen LogP contribution in [0.1, 0.15) is 25.5 Å². The Balaban J connectivity index is 2.63. The van der Waals surface area contributed by atoms with Gasteiger partial charge < -0.3 is 15.2 Å². The van der Waals surface area contributed by atoms with E-state index in [1.54, 1.807) is 0 Å². The maximum Gasteiger partial charge on any atom is 0.312 e. The lowest BCUT2D eigenvalue weighted by atomic mass is 9.93. The zero-order valence-electron chi connectivity index (χ0n) is 11.1. The van der Waals surface area contributed by atoms with E-state index in [0.717, 1.165) is 5.56 Å². The Labute approximate surface area is 108 Å². The highest BCUT2D eigenvalue weighted by Crippen LogP contribution is 2.18. The van der Waals surface area contributed by atoms with Gasteiger partial charge in [0, 0.05) is 6.54 Å². The van der Waals surface area contributed by atoms with E-state index in [0.29, 0.717) is 6.54 Å². The molecule has 0 bridgehead atoms. The quantitative estimate of drug-likeness (QED) is 0.752. The van der Waals surface area contributed by atoms with Crippen LogP contribution in [0, 0.1) is 5.41 Å². The summed E-state index contributed by atoms with van der Waals surface area (Å²) in [5, 5.41) is 12.6. The van der Waals surface area contributed by atoms with E-state index < -0.39 is 5.41 Å². The van der Waals surface area contributed by atoms with Gasteiger partial charge in [-0.15, -0.1) is 0 Å². The lowest BCUT2D eigenvalue weighted by Crippen LogP contribution is -2.39. The van der Waals surface area contributed by atoms with E-state index in [2.05, 4.69) is 5.32 Å². The topological polar surface area (TPSA) is 58.6 Å². The Morgan fingerprint density at radius 2 is 2.00 bits per heavy atom. The highest BCUT2D eigenvalue weighted by molar-refractivity contribution is 5.76. The molecule has 0 spiro atoms. The highest BCUT2D eigenvalue weighted by atomic mass is 16.5. The van der Waals surface area contributed by atoms with Gasteiger partial charge in [-0.25, -0.2) is 0 Å². The number of hydrogen-bond acceptors (Lipinski definition) is 4. The predicted octanol–water partition coefficient (Wildman–Crippen LogP) is 1.51. The molecule has 0 aromatic heterocycles. The molecule has 100 valence electrons. The fraction of sp³-hybridized carbons (Fsp3) is 0.500. The molecule has 1 unspecified atom stereocenters. The van der Waals surface area contributed by atoms with Crippen LogP contribution in [0.3, 0.4) is 0 Å². The molecule has 0 aliphatic rings. The van der Waals surface area contributed by atoms with Crippen molar-refractivity contribution in [3.05, 3.63) is 35.9 Å². The Morgan fingerprint density at radius 3 is 2.50 bits per heavy atom. The van der Waals surface area contributed by atoms with Crippen molar-refractivity contribution in [2.24, 2.45) is 5.41 Å². The SMILES string of the molecule is COC(=O)C(C)(C)CNC(CO)c1ccccc1. The van der Waals surface area contributed by atoms with Gasteiger partial charge in [0.15, 0.2) is 0 Å². The number of carbonyl (C=O) groups is 1. The summed E-state index contributed by atoms with van der Waals surface area (Å²) in [5.41, 5.74) is 0.386. The third kappa shape index (κ3) is 3.82. The largest absolute Gasteiger partial charge is 0.469 e. The summed E-state index contributed by atoms with van der Waals surface area (Å²) in [6.45, 7) is 4.05. The average molecular weight is 251 g/mol. The fourth-order valence-electron chi connectivity index (χ4n) is 1.70. The summed E-state index contributed by atoms with van der Waals surface area (Å²) < 4.78 is 4.75. The van der Waals surface area contributed by atoms with Crippen LogP contribution in [0.4, 0.5) is 0 Å². The van der Waals surface area contributed by atoms with Gasteiger partial charge in [0.2, 0.25) is 0 Å². The van der Waals surface area contributed by atoms with Crippen molar-refractivity contribution in [1.29, 1.82) is 0 Å². The summed E-state index contributed by atoms with van der Waals surface area (Å²) in [5.74, 6) is -0.264. The number of methoxy groups -OCH3 is 1. The monoisotopic (exact) mass is 251 g/mol. The Kier molecular flexibility index (Phi) is 5.31. The highest BCUT2D eigenvalue weighted by Gasteiger charge is 2.29. The minimum atomic E-state index is -0.614. The van der Waals surface area contributed by atoms with Crippen LogP contribution in [0.5, 0.6) is 0 Å². The molecule has 0 heterocycles. The van der Waals surface area contributed by atoms with E-state index in [-0.39, 0.29) is 18.6 Å². The molecule has 0 saturated heterocycles. The van der Waals surface area contributed by atoms with Gasteiger partial charge in [-0.3, -0.25) is 4.79 Å². The van der Waals surface area contributed by atoms with Crippen LogP contribution in [-0.2, 0) is 9.53 Å². The number of carbonyl (C=O) groups excluding carboxylic acids is 1. The molecule has 1 atom stereocenters. The molecule has 2 N–H and O–H groups in total. The number of aliphatic hydroxyl groups excluding tert-OH is 1. The van der Waals surface area contributed by atoms with Crippen molar-refractivity contribution in [3.8, 4) is 0 Å². The number of esters is 1. The Bertz CT molecular complexity index is 376. The molecule has 0 saturated carbocycles. The van der Waals surface area contributed by atoms with Gasteiger partial charge >= 0.3 is 5.97 Å². The van der Waals surface area contributed by atoms with Crippen molar-refractivity contribution < 1.29 is 14.6 Å². The van der Waals surface area contributed by atoms with Gasteiger partial charge in [-0.1, -0.05) is 30.3 Å². The zero-order valence-corrected chi connectivity index (χ0v) is 11.1. The van der Waals surface area contributed by atoms with Crippen molar-refractivity contribution in [3.63, 3.8) is 0 Å². The molecule has 4 nitrogen and oxygen atoms in total. The van der Waals surface area contributed by atoms with Crippen molar-refractivity contribution in [2.45, 2.75) is 19.9 Å². The smallest absolute Gasteiger partial charge is 0.312 e. The number of hydrogen-bond donors (Lipinski definition) is 2. The molecule has 18 heavy (non-hydrogen) atoms. The van der Waals surface area contributed by atoms with Gasteiger partial charge in [0.05, 0.1) is 25.2 Å². The third-order valence-electron chi connectivity index (χ3n) is 2.91. The summed E-state index contributed by atoms with van der Waals surface area (Å²) >= 11 is 0. The van der Waals surface area contributed by atoms with Crippen LogP contribution < -0.4 is 5.32 Å². The van der Waals surface area contributed by atoms with E-state index in [9.17, 15) is 9.90 Å². The van der Waals surface area contributed by atoms with Crippen molar-refractivity contribution in [2.75, 3.05) is 20.3 Å². The maximum atomic E-state index is 11.5. The second kappa shape index (κ2) is 6.52. The number of benzene rings is 1. The van der Waals surface area contributed by atoms with Crippen LogP contribution in [-0.4, -0.2) is 31.3 Å². The summed E-state index contributed by atoms with van der Waals surface area (Å²) in [6.07, 6.45) is 0. The second-order valence-electron chi connectivity index (χ2n) is 4.90. The number of ether oxygens (including phenoxy) is 1. The molecule has 0 aliphatic carbocycles. The molecule has 0 fully saturated rings. The lowest BCUT2D eigenvalue weighted by Gasteiger charge is -2.25. The van der Waals surface area contributed by atoms with Crippen molar-refractivity contribution in [1.82, 2.24) is 5.32 Å². The summed E-state index contributed by atoms with van der Waals surface area (Å²) in [6, 6.07) is 9.49. The van der Waals surface area contributed by atoms with Crippen LogP contribution in [0.15, 0.2) is 30.3 Å². The molecule has 1 aromatic rings. The minimum absolute atomic E-state index is 0.0126. The standard InChI is InChI=1S/C14H21NO3/c1-14(2,13(17)18-3)10-15-12(9-16)11-7-5-4-6-8-11/h4-8,12,15-16H,9-10H2,1-3H3. The minimum Gasteiger partial charge on any atom is -0.469 e. The summed E-state index contributed by atoms with van der Waals surface area (Å²) in [4.78, 5) is 11.5. The predicted molar refractivity (Wildman–Crippen MR) is 70.1 cm³/mol. The molecule has 4 heteroatoms. The molecular formula is C14H21NO3. The maximum absolute atomic E-state index is 11.5. The van der Waals surface area contributed by atoms with Gasteiger partial charge in [-0.05, 0) is 19.4 Å². The van der Waals surface area contributed by atoms with E-state index in [4.69, 9.17) is 4.74 Å². The van der Waals surface area contributed by atoms with Gasteiger partial charge in [0.1, 0.15) is 0 Å². The first kappa shape index (κ1) is 14.7. The first-order chi connectivity index (χ1) is 8.51. The number of aliphatic hydroxyl groups is 1. The average Bonchev–Trinajstić information content (AvgIpc) is 2.39. The van der Waals surface area contributed by atoms with E-state index in [1.807, 2.05) is 44.2 Å². The van der Waals surface area contributed by atoms with Gasteiger partial charge in [0.25, 0.3) is 0 Å². The number of nitrogens with one attached hydrogen (secondary N) is 1. The fourth-order valence-corrected chi connectivity index (χ4v) is 1.70. The van der Waals surface area contributed by atoms with Crippen LogP contribution in [0.25, 0.3) is 0 Å². The molecule has 0 aliphatic heterocycles. The normalized spacial score (nSPS) is 13.1. The molecule has 0 amide bonds.